The van der Waals surface area contributed by atoms with Crippen molar-refractivity contribution in [3.05, 3.63) is 82.9 Å². The summed E-state index contributed by atoms with van der Waals surface area (Å²) in [6.45, 7) is 9.97. The van der Waals surface area contributed by atoms with Crippen LogP contribution in [0.3, 0.4) is 0 Å². The number of hydrogen-bond acceptors (Lipinski definition) is 3. The Morgan fingerprint density at radius 2 is 1.77 bits per heavy atom. The highest BCUT2D eigenvalue weighted by molar-refractivity contribution is 6.22. The number of nitrogens with zero attached hydrogens (tertiary/aromatic N) is 2. The number of carbonyl (C=O) groups is 3. The third kappa shape index (κ3) is 3.66. The lowest BCUT2D eigenvalue weighted by atomic mass is 10.0. The molecule has 1 N–H and O–H groups in total. The Balaban J connectivity index is 1.42. The van der Waals surface area contributed by atoms with Crippen molar-refractivity contribution in [1.29, 1.82) is 0 Å². The van der Waals surface area contributed by atoms with Crippen LogP contribution in [0.25, 0.3) is 0 Å². The van der Waals surface area contributed by atoms with Crippen molar-refractivity contribution in [3.8, 4) is 0 Å². The van der Waals surface area contributed by atoms with Gasteiger partial charge in [0.1, 0.15) is 6.54 Å². The van der Waals surface area contributed by atoms with Gasteiger partial charge in [0.2, 0.25) is 0 Å². The molecule has 2 heterocycles. The number of amides is 3. The first kappa shape index (κ1) is 20.0. The van der Waals surface area contributed by atoms with Crippen LogP contribution in [0.2, 0.25) is 0 Å². The zero-order valence-electron chi connectivity index (χ0n) is 17.2. The van der Waals surface area contributed by atoms with E-state index in [4.69, 9.17) is 0 Å². The zero-order valence-corrected chi connectivity index (χ0v) is 17.2. The molecule has 2 aliphatic rings. The molecule has 0 unspecified atom stereocenters. The van der Waals surface area contributed by atoms with Gasteiger partial charge in [-0.2, -0.15) is 0 Å². The van der Waals surface area contributed by atoms with E-state index < -0.39 is 0 Å². The monoisotopic (exact) mass is 404 g/mol. The second kappa shape index (κ2) is 8.24. The topological polar surface area (TPSA) is 62.1 Å². The zero-order chi connectivity index (χ0) is 21.3. The van der Waals surface area contributed by atoms with E-state index in [1.54, 1.807) is 18.2 Å². The Hall–Kier alpha value is -3.25. The van der Waals surface area contributed by atoms with Crippen molar-refractivity contribution in [1.82, 2.24) is 9.80 Å². The van der Waals surface area contributed by atoms with Crippen LogP contribution in [0, 0.1) is 6.92 Å². The second-order valence-electron chi connectivity index (χ2n) is 7.92. The standard InChI is InChI=1S/C24H25N3O3/c1-3-10-27-23(29)20-9-8-18(15-21(20)24(27)30)22(28)26-13-11-25(12-14-26)16-19-7-5-4-6-17(19)2/h3-9,15H,1,10-14,16H2,2H3/p+1. The molecule has 2 aromatic carbocycles. The number of nitrogens with one attached hydrogen (secondary N) is 1. The number of rotatable bonds is 5. The molecule has 6 heteroatoms. The number of fused-ring (bicyclic) bond motifs is 1. The Kier molecular flexibility index (Phi) is 5.50. The van der Waals surface area contributed by atoms with Gasteiger partial charge in [0.05, 0.1) is 37.3 Å². The fraction of sp³-hybridized carbons (Fsp3) is 0.292. The van der Waals surface area contributed by atoms with Crippen molar-refractivity contribution in [2.45, 2.75) is 13.5 Å². The Morgan fingerprint density at radius 1 is 1.07 bits per heavy atom. The third-order valence-corrected chi connectivity index (χ3v) is 5.99. The lowest BCUT2D eigenvalue weighted by molar-refractivity contribution is -0.917. The summed E-state index contributed by atoms with van der Waals surface area (Å²) in [6, 6.07) is 13.2. The molecule has 2 aliphatic heterocycles. The Bertz CT molecular complexity index is 1020. The fourth-order valence-electron chi connectivity index (χ4n) is 4.18. The van der Waals surface area contributed by atoms with E-state index >= 15 is 0 Å². The van der Waals surface area contributed by atoms with Gasteiger partial charge in [0.15, 0.2) is 0 Å². The first-order valence-corrected chi connectivity index (χ1v) is 10.3. The Morgan fingerprint density at radius 3 is 2.47 bits per heavy atom. The van der Waals surface area contributed by atoms with Crippen LogP contribution in [0.15, 0.2) is 55.1 Å². The van der Waals surface area contributed by atoms with Crippen molar-refractivity contribution in [2.75, 3.05) is 32.7 Å². The van der Waals surface area contributed by atoms with Crippen molar-refractivity contribution in [3.63, 3.8) is 0 Å². The first-order valence-electron chi connectivity index (χ1n) is 10.3. The highest BCUT2D eigenvalue weighted by Gasteiger charge is 2.35. The summed E-state index contributed by atoms with van der Waals surface area (Å²) in [7, 11) is 0. The smallest absolute Gasteiger partial charge is 0.261 e. The lowest BCUT2D eigenvalue weighted by Crippen LogP contribution is -3.13. The number of imide groups is 1. The quantitative estimate of drug-likeness (QED) is 0.604. The van der Waals surface area contributed by atoms with Gasteiger partial charge in [-0.15, -0.1) is 6.58 Å². The minimum Gasteiger partial charge on any atom is -0.328 e. The van der Waals surface area contributed by atoms with E-state index in [0.717, 1.165) is 24.5 Å². The molecule has 0 bridgehead atoms. The molecule has 1 fully saturated rings. The van der Waals surface area contributed by atoms with E-state index in [2.05, 4.69) is 37.8 Å². The summed E-state index contributed by atoms with van der Waals surface area (Å²) in [6.07, 6.45) is 1.52. The van der Waals surface area contributed by atoms with Gasteiger partial charge in [-0.3, -0.25) is 19.3 Å². The normalized spacial score (nSPS) is 16.7. The minimum atomic E-state index is -0.364. The average Bonchev–Trinajstić information content (AvgIpc) is 3.00. The van der Waals surface area contributed by atoms with E-state index in [9.17, 15) is 14.4 Å². The molecule has 6 nitrogen and oxygen atoms in total. The van der Waals surface area contributed by atoms with E-state index in [-0.39, 0.29) is 24.3 Å². The van der Waals surface area contributed by atoms with Crippen LogP contribution < -0.4 is 4.90 Å². The molecule has 0 aliphatic carbocycles. The lowest BCUT2D eigenvalue weighted by Gasteiger charge is -2.32. The maximum absolute atomic E-state index is 13.0. The number of benzene rings is 2. The number of quaternary nitrogens is 1. The molecule has 0 saturated carbocycles. The van der Waals surface area contributed by atoms with Crippen LogP contribution in [-0.2, 0) is 6.54 Å². The third-order valence-electron chi connectivity index (χ3n) is 5.99. The van der Waals surface area contributed by atoms with Crippen molar-refractivity contribution in [2.24, 2.45) is 0 Å². The van der Waals surface area contributed by atoms with Gasteiger partial charge >= 0.3 is 0 Å². The molecule has 0 spiro atoms. The number of piperazine rings is 1. The molecule has 0 atom stereocenters. The maximum atomic E-state index is 13.0. The predicted octanol–water partition coefficient (Wildman–Crippen LogP) is 1.32. The maximum Gasteiger partial charge on any atom is 0.261 e. The van der Waals surface area contributed by atoms with Crippen LogP contribution in [0.5, 0.6) is 0 Å². The van der Waals surface area contributed by atoms with Gasteiger partial charge in [0, 0.05) is 17.7 Å². The first-order chi connectivity index (χ1) is 14.5. The van der Waals surface area contributed by atoms with Gasteiger partial charge in [-0.25, -0.2) is 0 Å². The summed E-state index contributed by atoms with van der Waals surface area (Å²) in [5, 5.41) is 0. The van der Waals surface area contributed by atoms with Gasteiger partial charge in [0.25, 0.3) is 17.7 Å². The van der Waals surface area contributed by atoms with E-state index in [1.807, 2.05) is 4.90 Å². The predicted molar refractivity (Wildman–Crippen MR) is 113 cm³/mol. The minimum absolute atomic E-state index is 0.0878. The van der Waals surface area contributed by atoms with E-state index in [1.165, 1.54) is 22.1 Å². The summed E-state index contributed by atoms with van der Waals surface area (Å²) < 4.78 is 0. The highest BCUT2D eigenvalue weighted by atomic mass is 16.2. The summed E-state index contributed by atoms with van der Waals surface area (Å²) in [5.41, 5.74) is 3.75. The van der Waals surface area contributed by atoms with Gasteiger partial charge in [-0.1, -0.05) is 30.3 Å². The van der Waals surface area contributed by atoms with Gasteiger partial charge < -0.3 is 9.80 Å². The fourth-order valence-corrected chi connectivity index (χ4v) is 4.18. The molecule has 4 rings (SSSR count). The van der Waals surface area contributed by atoms with Crippen LogP contribution in [0.1, 0.15) is 42.2 Å². The number of aryl methyl sites for hydroxylation is 1. The molecule has 154 valence electrons. The molecule has 30 heavy (non-hydrogen) atoms. The molecule has 2 aromatic rings. The van der Waals surface area contributed by atoms with Gasteiger partial charge in [-0.05, 0) is 30.7 Å². The van der Waals surface area contributed by atoms with Crippen molar-refractivity contribution < 1.29 is 19.3 Å². The molecule has 0 radical (unpaired) electrons. The largest absolute Gasteiger partial charge is 0.328 e. The molecular weight excluding hydrogens is 378 g/mol. The van der Waals surface area contributed by atoms with Crippen LogP contribution in [-0.4, -0.2) is 60.2 Å². The second-order valence-corrected chi connectivity index (χ2v) is 7.92. The summed E-state index contributed by atoms with van der Waals surface area (Å²) in [5.74, 6) is -0.783. The summed E-state index contributed by atoms with van der Waals surface area (Å²) >= 11 is 0. The van der Waals surface area contributed by atoms with Crippen LogP contribution in [0.4, 0.5) is 0 Å². The average molecular weight is 404 g/mol. The number of carbonyl (C=O) groups excluding carboxylic acids is 3. The van der Waals surface area contributed by atoms with Crippen LogP contribution >= 0.6 is 0 Å². The van der Waals surface area contributed by atoms with Crippen molar-refractivity contribution >= 4 is 17.7 Å². The van der Waals surface area contributed by atoms with E-state index in [0.29, 0.717) is 29.8 Å². The summed E-state index contributed by atoms with van der Waals surface area (Å²) in [4.78, 5) is 42.3. The molecule has 1 saturated heterocycles. The number of hydrogen-bond donors (Lipinski definition) is 1. The highest BCUT2D eigenvalue weighted by Crippen LogP contribution is 2.24. The Labute approximate surface area is 176 Å². The molecule has 3 amide bonds. The molecular formula is C24H26N3O3+. The molecule has 0 aromatic heterocycles. The SMILES string of the molecule is C=CCN1C(=O)c2ccc(C(=O)N3CC[NH+](Cc4ccccc4C)CC3)cc2C1=O.